The Morgan fingerprint density at radius 1 is 1.38 bits per heavy atom. The second-order valence-electron chi connectivity index (χ2n) is 4.84. The molecule has 3 nitrogen and oxygen atoms in total. The number of alkyl halides is 3. The molecule has 1 aliphatic rings. The summed E-state index contributed by atoms with van der Waals surface area (Å²) < 4.78 is 39.0. The lowest BCUT2D eigenvalue weighted by Gasteiger charge is -2.16. The number of rotatable bonds is 5. The third kappa shape index (κ3) is 3.39. The van der Waals surface area contributed by atoms with Gasteiger partial charge in [0.25, 0.3) is 0 Å². The molecule has 116 valence electrons. The van der Waals surface area contributed by atoms with E-state index in [9.17, 15) is 18.3 Å². The molecular weight excluding hydrogens is 285 g/mol. The van der Waals surface area contributed by atoms with Crippen LogP contribution >= 0.6 is 0 Å². The monoisotopic (exact) mass is 302 g/mol. The van der Waals surface area contributed by atoms with E-state index in [0.29, 0.717) is 36.1 Å². The van der Waals surface area contributed by atoms with Crippen molar-refractivity contribution in [3.8, 4) is 0 Å². The van der Waals surface area contributed by atoms with Crippen LogP contribution in [0.2, 0.25) is 0 Å². The highest BCUT2D eigenvalue weighted by Crippen LogP contribution is 2.43. The van der Waals surface area contributed by atoms with Crippen LogP contribution in [-0.2, 0) is 22.4 Å². The van der Waals surface area contributed by atoms with Crippen LogP contribution in [0.25, 0.3) is 0 Å². The lowest BCUT2D eigenvalue weighted by molar-refractivity contribution is -0.285. The summed E-state index contributed by atoms with van der Waals surface area (Å²) >= 11 is 0. The summed E-state index contributed by atoms with van der Waals surface area (Å²) in [6.07, 6.45) is -2.60. The Balaban J connectivity index is 2.26. The number of benzene rings is 1. The minimum absolute atomic E-state index is 0.0324. The summed E-state index contributed by atoms with van der Waals surface area (Å²) in [5.74, 6) is -0.271. The zero-order valence-electron chi connectivity index (χ0n) is 11.6. The molecule has 0 saturated heterocycles. The smallest absolute Gasteiger partial charge is 0.416 e. The molecule has 1 aliphatic carbocycles. The van der Waals surface area contributed by atoms with Crippen molar-refractivity contribution in [1.82, 2.24) is 0 Å². The molecule has 0 aliphatic heterocycles. The summed E-state index contributed by atoms with van der Waals surface area (Å²) in [5.41, 5.74) is 0.836. The Kier molecular flexibility index (Phi) is 4.90. The van der Waals surface area contributed by atoms with Gasteiger partial charge in [0.1, 0.15) is 6.61 Å². The van der Waals surface area contributed by atoms with E-state index in [1.807, 2.05) is 0 Å². The summed E-state index contributed by atoms with van der Waals surface area (Å²) in [6, 6.07) is 4.17. The number of halogens is 3. The molecule has 0 spiro atoms. The zero-order valence-corrected chi connectivity index (χ0v) is 11.6. The quantitative estimate of drug-likeness (QED) is 0.384. The van der Waals surface area contributed by atoms with Crippen LogP contribution < -0.4 is 0 Å². The van der Waals surface area contributed by atoms with Crippen LogP contribution in [-0.4, -0.2) is 18.3 Å². The van der Waals surface area contributed by atoms with Gasteiger partial charge in [-0.2, -0.15) is 13.2 Å². The molecule has 21 heavy (non-hydrogen) atoms. The third-order valence-corrected chi connectivity index (χ3v) is 3.62. The lowest BCUT2D eigenvalue weighted by Crippen LogP contribution is -2.10. The van der Waals surface area contributed by atoms with Gasteiger partial charge in [0.2, 0.25) is 0 Å². The highest BCUT2D eigenvalue weighted by molar-refractivity contribution is 5.46. The first kappa shape index (κ1) is 15.9. The Hall–Kier alpha value is -1.53. The number of fused-ring (bicyclic) bond motifs is 1. The average Bonchev–Trinajstić information content (AvgIpc) is 2.86. The number of aliphatic hydroxyl groups excluding tert-OH is 1. The molecule has 1 atom stereocenters. The molecule has 0 saturated carbocycles. The van der Waals surface area contributed by atoms with Crippen LogP contribution in [0.4, 0.5) is 13.2 Å². The predicted octanol–water partition coefficient (Wildman–Crippen LogP) is 4.15. The Morgan fingerprint density at radius 3 is 2.76 bits per heavy atom. The van der Waals surface area contributed by atoms with Crippen molar-refractivity contribution in [2.24, 2.45) is 0 Å². The van der Waals surface area contributed by atoms with E-state index in [4.69, 9.17) is 9.78 Å². The highest BCUT2D eigenvalue weighted by Gasteiger charge is 2.37. The number of aliphatic hydroxyl groups is 1. The molecule has 2 rings (SSSR count). The Labute approximate surface area is 120 Å². The fourth-order valence-electron chi connectivity index (χ4n) is 2.73. The molecular formula is C15H17F3O3. The Bertz CT molecular complexity index is 523. The van der Waals surface area contributed by atoms with Crippen molar-refractivity contribution < 1.29 is 28.1 Å². The first-order valence-corrected chi connectivity index (χ1v) is 6.75. The number of hydrogen-bond donors (Lipinski definition) is 1. The van der Waals surface area contributed by atoms with Crippen LogP contribution in [0, 0.1) is 0 Å². The maximum Gasteiger partial charge on any atom is 0.416 e. The van der Waals surface area contributed by atoms with Crippen LogP contribution in [0.15, 0.2) is 30.0 Å². The summed E-state index contributed by atoms with van der Waals surface area (Å²) in [6.45, 7) is 2.14. The topological polar surface area (TPSA) is 38.7 Å². The maximum atomic E-state index is 13.0. The van der Waals surface area contributed by atoms with Gasteiger partial charge in [-0.1, -0.05) is 12.1 Å². The summed E-state index contributed by atoms with van der Waals surface area (Å²) in [5, 5.41) is 9.32. The molecule has 6 heteroatoms. The van der Waals surface area contributed by atoms with E-state index < -0.39 is 11.7 Å². The SMILES string of the molecule is CCOOC/C(=C/O)C1CCc2c1cccc2C(F)(F)F. The second kappa shape index (κ2) is 6.49. The van der Waals surface area contributed by atoms with Gasteiger partial charge in [0.15, 0.2) is 0 Å². The fraction of sp³-hybridized carbons (Fsp3) is 0.467. The van der Waals surface area contributed by atoms with Gasteiger partial charge in [0.05, 0.1) is 18.4 Å². The molecule has 0 heterocycles. The fourth-order valence-corrected chi connectivity index (χ4v) is 2.73. The van der Waals surface area contributed by atoms with Crippen molar-refractivity contribution >= 4 is 0 Å². The van der Waals surface area contributed by atoms with Crippen molar-refractivity contribution in [2.75, 3.05) is 13.2 Å². The van der Waals surface area contributed by atoms with Crippen LogP contribution in [0.5, 0.6) is 0 Å². The van der Waals surface area contributed by atoms with Gasteiger partial charge in [-0.05, 0) is 37.0 Å². The molecule has 0 bridgehead atoms. The second-order valence-corrected chi connectivity index (χ2v) is 4.84. The van der Waals surface area contributed by atoms with E-state index in [1.165, 1.54) is 6.07 Å². The van der Waals surface area contributed by atoms with E-state index in [2.05, 4.69) is 0 Å². The highest BCUT2D eigenvalue weighted by atomic mass is 19.4. The van der Waals surface area contributed by atoms with Gasteiger partial charge < -0.3 is 5.11 Å². The largest absolute Gasteiger partial charge is 0.516 e. The van der Waals surface area contributed by atoms with Gasteiger partial charge in [-0.25, -0.2) is 9.78 Å². The van der Waals surface area contributed by atoms with Crippen LogP contribution in [0.3, 0.4) is 0 Å². The zero-order chi connectivity index (χ0) is 15.5. The average molecular weight is 302 g/mol. The number of hydrogen-bond acceptors (Lipinski definition) is 3. The van der Waals surface area contributed by atoms with Gasteiger partial charge in [-0.15, -0.1) is 0 Å². The maximum absolute atomic E-state index is 13.0. The van der Waals surface area contributed by atoms with E-state index >= 15 is 0 Å². The molecule has 0 aromatic heterocycles. The van der Waals surface area contributed by atoms with Crippen molar-refractivity contribution in [1.29, 1.82) is 0 Å². The van der Waals surface area contributed by atoms with Crippen molar-refractivity contribution in [3.05, 3.63) is 46.7 Å². The van der Waals surface area contributed by atoms with E-state index in [0.717, 1.165) is 12.3 Å². The van der Waals surface area contributed by atoms with Crippen molar-refractivity contribution in [2.45, 2.75) is 31.9 Å². The standard InChI is InChI=1S/C15H17F3O3/c1-2-20-21-9-10(8-19)11-6-7-13-12(11)4-3-5-14(13)15(16,17)18/h3-5,8,11,19H,2,6-7,9H2,1H3/b10-8-. The molecule has 1 N–H and O–H groups in total. The third-order valence-electron chi connectivity index (χ3n) is 3.62. The Morgan fingerprint density at radius 2 is 2.14 bits per heavy atom. The van der Waals surface area contributed by atoms with E-state index in [1.54, 1.807) is 13.0 Å². The van der Waals surface area contributed by atoms with Gasteiger partial charge in [-0.3, -0.25) is 0 Å². The van der Waals surface area contributed by atoms with Gasteiger partial charge >= 0.3 is 6.18 Å². The predicted molar refractivity (Wildman–Crippen MR) is 70.8 cm³/mol. The normalized spacial score (nSPS) is 18.9. The summed E-state index contributed by atoms with van der Waals surface area (Å²) in [4.78, 5) is 9.67. The molecule has 1 aromatic rings. The molecule has 0 amide bonds. The van der Waals surface area contributed by atoms with Crippen molar-refractivity contribution in [3.63, 3.8) is 0 Å². The lowest BCUT2D eigenvalue weighted by atomic mass is 9.93. The first-order chi connectivity index (χ1) is 9.99. The molecule has 0 radical (unpaired) electrons. The van der Waals surface area contributed by atoms with Crippen LogP contribution in [0.1, 0.15) is 36.0 Å². The molecule has 1 unspecified atom stereocenters. The molecule has 1 aromatic carbocycles. The minimum Gasteiger partial charge on any atom is -0.516 e. The first-order valence-electron chi connectivity index (χ1n) is 6.75. The van der Waals surface area contributed by atoms with E-state index in [-0.39, 0.29) is 12.5 Å². The van der Waals surface area contributed by atoms with Gasteiger partial charge in [0, 0.05) is 11.5 Å². The summed E-state index contributed by atoms with van der Waals surface area (Å²) in [7, 11) is 0. The minimum atomic E-state index is -4.36. The molecule has 0 fully saturated rings.